The van der Waals surface area contributed by atoms with Crippen LogP contribution in [-0.4, -0.2) is 40.5 Å². The largest absolute Gasteiger partial charge is 0.464 e. The van der Waals surface area contributed by atoms with Gasteiger partial charge in [0.25, 0.3) is 0 Å². The van der Waals surface area contributed by atoms with Crippen molar-refractivity contribution >= 4 is 17.7 Å². The molecule has 0 bridgehead atoms. The third-order valence-electron chi connectivity index (χ3n) is 1.35. The van der Waals surface area contributed by atoms with Gasteiger partial charge in [0.1, 0.15) is 5.03 Å². The van der Waals surface area contributed by atoms with Gasteiger partial charge in [-0.2, -0.15) is 0 Å². The number of hydrogen-bond acceptors (Lipinski definition) is 6. The van der Waals surface area contributed by atoms with Crippen LogP contribution in [0.15, 0.2) is 17.4 Å². The maximum atomic E-state index is 11.1. The zero-order valence-electron chi connectivity index (χ0n) is 7.64. The van der Waals surface area contributed by atoms with E-state index in [1.54, 1.807) is 0 Å². The average Bonchev–Trinajstić information content (AvgIpc) is 2.25. The fourth-order valence-corrected chi connectivity index (χ4v) is 1.37. The first kappa shape index (κ1) is 10.9. The molecule has 0 aliphatic carbocycles. The van der Waals surface area contributed by atoms with E-state index >= 15 is 0 Å². The fourth-order valence-electron chi connectivity index (χ4n) is 0.771. The summed E-state index contributed by atoms with van der Waals surface area (Å²) in [5.74, 6) is 0.0169. The zero-order valence-corrected chi connectivity index (χ0v) is 8.45. The van der Waals surface area contributed by atoms with Gasteiger partial charge in [-0.05, 0) is 0 Å². The molecule has 0 atom stereocenters. The van der Waals surface area contributed by atoms with Crippen molar-refractivity contribution in [1.82, 2.24) is 9.97 Å². The summed E-state index contributed by atoms with van der Waals surface area (Å²) in [6.45, 7) is 0.0643. The van der Waals surface area contributed by atoms with Crippen LogP contribution in [0, 0.1) is 0 Å². The minimum absolute atomic E-state index is 0.0643. The summed E-state index contributed by atoms with van der Waals surface area (Å²) in [7, 11) is 1.29. The molecule has 0 unspecified atom stereocenters. The molecule has 76 valence electrons. The Labute approximate surface area is 85.5 Å². The van der Waals surface area contributed by atoms with Gasteiger partial charge >= 0.3 is 5.97 Å². The topological polar surface area (TPSA) is 72.3 Å². The molecule has 0 radical (unpaired) electrons. The van der Waals surface area contributed by atoms with Crippen molar-refractivity contribution in [3.05, 3.63) is 18.1 Å². The second-order valence-electron chi connectivity index (χ2n) is 2.31. The Morgan fingerprint density at radius 2 is 2.43 bits per heavy atom. The van der Waals surface area contributed by atoms with Gasteiger partial charge in [0, 0.05) is 5.75 Å². The maximum Gasteiger partial charge on any atom is 0.358 e. The first-order chi connectivity index (χ1) is 6.77. The van der Waals surface area contributed by atoms with Gasteiger partial charge < -0.3 is 9.84 Å². The smallest absolute Gasteiger partial charge is 0.358 e. The highest BCUT2D eigenvalue weighted by Crippen LogP contribution is 2.13. The second kappa shape index (κ2) is 5.56. The molecule has 0 saturated heterocycles. The van der Waals surface area contributed by atoms with Crippen LogP contribution in [0.4, 0.5) is 0 Å². The summed E-state index contributed by atoms with van der Waals surface area (Å²) in [5.41, 5.74) is 0.176. The molecule has 1 aromatic heterocycles. The van der Waals surface area contributed by atoms with E-state index in [0.29, 0.717) is 10.8 Å². The Bertz CT molecular complexity index is 319. The molecule has 6 heteroatoms. The molecule has 1 rings (SSSR count). The number of aliphatic hydroxyl groups is 1. The predicted octanol–water partition coefficient (Wildman–Crippen LogP) is 0.348. The molecule has 1 N–H and O–H groups in total. The number of rotatable bonds is 4. The van der Waals surface area contributed by atoms with Gasteiger partial charge in [-0.3, -0.25) is 4.98 Å². The number of aromatic nitrogens is 2. The van der Waals surface area contributed by atoms with Crippen LogP contribution in [-0.2, 0) is 4.74 Å². The second-order valence-corrected chi connectivity index (χ2v) is 3.42. The number of methoxy groups -OCH3 is 1. The number of hydrogen-bond donors (Lipinski definition) is 1. The van der Waals surface area contributed by atoms with Crippen molar-refractivity contribution in [2.45, 2.75) is 5.03 Å². The normalized spacial score (nSPS) is 9.86. The average molecular weight is 214 g/mol. The van der Waals surface area contributed by atoms with E-state index in [4.69, 9.17) is 5.11 Å². The third kappa shape index (κ3) is 2.97. The number of esters is 1. The van der Waals surface area contributed by atoms with Gasteiger partial charge in [-0.15, -0.1) is 11.8 Å². The number of ether oxygens (including phenoxy) is 1. The quantitative estimate of drug-likeness (QED) is 0.576. The minimum Gasteiger partial charge on any atom is -0.464 e. The lowest BCUT2D eigenvalue weighted by Gasteiger charge is -2.00. The number of aliphatic hydroxyl groups excluding tert-OH is 1. The molecule has 0 aromatic carbocycles. The molecule has 1 aromatic rings. The predicted molar refractivity (Wildman–Crippen MR) is 51.2 cm³/mol. The summed E-state index contributed by atoms with van der Waals surface area (Å²) < 4.78 is 4.50. The summed E-state index contributed by atoms with van der Waals surface area (Å²) in [6, 6.07) is 0. The molecule has 0 aliphatic rings. The standard InChI is InChI=1S/C8H10N2O3S/c1-13-8(12)6-4-9-5-7(10-6)14-3-2-11/h4-5,11H,2-3H2,1H3. The minimum atomic E-state index is -0.510. The molecular weight excluding hydrogens is 204 g/mol. The van der Waals surface area contributed by atoms with Crippen molar-refractivity contribution < 1.29 is 14.6 Å². The number of carbonyl (C=O) groups is 1. The van der Waals surface area contributed by atoms with E-state index in [2.05, 4.69) is 14.7 Å². The van der Waals surface area contributed by atoms with E-state index in [9.17, 15) is 4.79 Å². The number of nitrogens with zero attached hydrogens (tertiary/aromatic N) is 2. The van der Waals surface area contributed by atoms with Crippen LogP contribution in [0.1, 0.15) is 10.5 Å². The summed E-state index contributed by atoms with van der Waals surface area (Å²) in [6.07, 6.45) is 2.88. The molecule has 0 aliphatic heterocycles. The van der Waals surface area contributed by atoms with E-state index < -0.39 is 5.97 Å². The molecule has 0 fully saturated rings. The monoisotopic (exact) mass is 214 g/mol. The number of thioether (sulfide) groups is 1. The SMILES string of the molecule is COC(=O)c1cncc(SCCO)n1. The van der Waals surface area contributed by atoms with Crippen molar-refractivity contribution in [2.75, 3.05) is 19.5 Å². The summed E-state index contributed by atoms with van der Waals surface area (Å²) >= 11 is 1.33. The van der Waals surface area contributed by atoms with E-state index in [-0.39, 0.29) is 12.3 Å². The molecule has 5 nitrogen and oxygen atoms in total. The number of carbonyl (C=O) groups excluding carboxylic acids is 1. The lowest BCUT2D eigenvalue weighted by atomic mass is 10.5. The van der Waals surface area contributed by atoms with Crippen molar-refractivity contribution in [2.24, 2.45) is 0 Å². The molecule has 14 heavy (non-hydrogen) atoms. The lowest BCUT2D eigenvalue weighted by molar-refractivity contribution is 0.0592. The molecule has 0 saturated carbocycles. The Hall–Kier alpha value is -1.14. The Morgan fingerprint density at radius 1 is 1.64 bits per heavy atom. The first-order valence-electron chi connectivity index (χ1n) is 3.92. The Morgan fingerprint density at radius 3 is 3.07 bits per heavy atom. The van der Waals surface area contributed by atoms with E-state index in [0.717, 1.165) is 0 Å². The van der Waals surface area contributed by atoms with E-state index in [1.807, 2.05) is 0 Å². The van der Waals surface area contributed by atoms with Crippen LogP contribution < -0.4 is 0 Å². The van der Waals surface area contributed by atoms with Crippen LogP contribution >= 0.6 is 11.8 Å². The summed E-state index contributed by atoms with van der Waals surface area (Å²) in [4.78, 5) is 18.9. The van der Waals surface area contributed by atoms with Gasteiger partial charge in [0.2, 0.25) is 0 Å². The summed E-state index contributed by atoms with van der Waals surface area (Å²) in [5, 5.41) is 9.19. The fraction of sp³-hybridized carbons (Fsp3) is 0.375. The Balaban J connectivity index is 2.73. The van der Waals surface area contributed by atoms with Gasteiger partial charge in [0.15, 0.2) is 5.69 Å². The van der Waals surface area contributed by atoms with Crippen LogP contribution in [0.5, 0.6) is 0 Å². The van der Waals surface area contributed by atoms with Gasteiger partial charge in [0.05, 0.1) is 26.1 Å². The van der Waals surface area contributed by atoms with Gasteiger partial charge in [-0.25, -0.2) is 9.78 Å². The van der Waals surface area contributed by atoms with Crippen LogP contribution in [0.2, 0.25) is 0 Å². The first-order valence-corrected chi connectivity index (χ1v) is 4.90. The molecule has 1 heterocycles. The van der Waals surface area contributed by atoms with E-state index in [1.165, 1.54) is 31.3 Å². The molecular formula is C8H10N2O3S. The Kier molecular flexibility index (Phi) is 4.34. The zero-order chi connectivity index (χ0) is 10.4. The molecule has 0 spiro atoms. The van der Waals surface area contributed by atoms with Crippen LogP contribution in [0.25, 0.3) is 0 Å². The maximum absolute atomic E-state index is 11.1. The highest BCUT2D eigenvalue weighted by molar-refractivity contribution is 7.99. The van der Waals surface area contributed by atoms with Crippen molar-refractivity contribution in [3.8, 4) is 0 Å². The molecule has 0 amide bonds. The van der Waals surface area contributed by atoms with Crippen molar-refractivity contribution in [3.63, 3.8) is 0 Å². The van der Waals surface area contributed by atoms with Crippen LogP contribution in [0.3, 0.4) is 0 Å². The third-order valence-corrected chi connectivity index (χ3v) is 2.23. The lowest BCUT2D eigenvalue weighted by Crippen LogP contribution is -2.05. The highest BCUT2D eigenvalue weighted by Gasteiger charge is 2.08. The highest BCUT2D eigenvalue weighted by atomic mass is 32.2. The van der Waals surface area contributed by atoms with Gasteiger partial charge in [-0.1, -0.05) is 0 Å². The van der Waals surface area contributed by atoms with Crippen molar-refractivity contribution in [1.29, 1.82) is 0 Å².